The highest BCUT2D eigenvalue weighted by Gasteiger charge is 2.29. The number of thiophene rings is 1. The molecule has 1 aliphatic heterocycles. The van der Waals surface area contributed by atoms with Gasteiger partial charge in [-0.2, -0.15) is 0 Å². The molecule has 0 fully saturated rings. The van der Waals surface area contributed by atoms with E-state index in [9.17, 15) is 4.39 Å². The second-order valence-corrected chi connectivity index (χ2v) is 6.94. The zero-order valence-corrected chi connectivity index (χ0v) is 12.9. The summed E-state index contributed by atoms with van der Waals surface area (Å²) in [5.41, 5.74) is 6.82. The number of halogens is 3. The van der Waals surface area contributed by atoms with Crippen LogP contribution in [0.1, 0.15) is 29.0 Å². The van der Waals surface area contributed by atoms with Crippen molar-refractivity contribution in [3.63, 3.8) is 0 Å². The first kappa shape index (κ1) is 13.4. The number of ether oxygens (including phenoxy) is 1. The molecule has 100 valence electrons. The van der Waals surface area contributed by atoms with Crippen LogP contribution < -0.4 is 10.5 Å². The van der Waals surface area contributed by atoms with Gasteiger partial charge in [0.1, 0.15) is 22.0 Å². The summed E-state index contributed by atoms with van der Waals surface area (Å²) in [6, 6.07) is 6.16. The van der Waals surface area contributed by atoms with Gasteiger partial charge in [-0.25, -0.2) is 4.39 Å². The predicted molar refractivity (Wildman–Crippen MR) is 78.3 cm³/mol. The predicted octanol–water partition coefficient (Wildman–Crippen LogP) is 4.83. The van der Waals surface area contributed by atoms with Crippen LogP contribution in [0.15, 0.2) is 28.7 Å². The fourth-order valence-electron chi connectivity index (χ4n) is 2.17. The lowest BCUT2D eigenvalue weighted by atomic mass is 9.96. The van der Waals surface area contributed by atoms with Crippen molar-refractivity contribution in [1.29, 1.82) is 0 Å². The van der Waals surface area contributed by atoms with Crippen molar-refractivity contribution in [2.24, 2.45) is 5.73 Å². The molecule has 1 aromatic heterocycles. The van der Waals surface area contributed by atoms with Crippen LogP contribution in [0, 0.1) is 5.82 Å². The van der Waals surface area contributed by atoms with E-state index in [2.05, 4.69) is 15.9 Å². The third kappa shape index (κ3) is 2.52. The number of rotatable bonds is 1. The van der Waals surface area contributed by atoms with Gasteiger partial charge in [0.15, 0.2) is 0 Å². The summed E-state index contributed by atoms with van der Waals surface area (Å²) >= 11 is 10.9. The average molecular weight is 363 g/mol. The molecule has 1 aromatic carbocycles. The van der Waals surface area contributed by atoms with E-state index in [0.717, 1.165) is 14.9 Å². The highest BCUT2D eigenvalue weighted by Crippen LogP contribution is 2.44. The first-order valence-corrected chi connectivity index (χ1v) is 7.70. The van der Waals surface area contributed by atoms with Crippen LogP contribution in [0.25, 0.3) is 0 Å². The number of hydrogen-bond acceptors (Lipinski definition) is 3. The first-order chi connectivity index (χ1) is 9.04. The fraction of sp³-hybridized carbons (Fsp3) is 0.231. The van der Waals surface area contributed by atoms with Crippen molar-refractivity contribution >= 4 is 38.9 Å². The Kier molecular flexibility index (Phi) is 3.55. The molecule has 6 heteroatoms. The molecule has 0 amide bonds. The maximum atomic E-state index is 13.2. The number of fused-ring (bicyclic) bond motifs is 1. The first-order valence-electron chi connectivity index (χ1n) is 5.71. The standard InChI is InChI=1S/C13H10BrClFNOS/c14-8-4-12(19-13(8)15)11-5-9(17)7-3-6(16)1-2-10(7)18-11/h1-4,9,11H,5,17H2/t9-,11?/m0/s1. The smallest absolute Gasteiger partial charge is 0.135 e. The van der Waals surface area contributed by atoms with Crippen molar-refractivity contribution < 1.29 is 9.13 Å². The molecule has 0 saturated heterocycles. The van der Waals surface area contributed by atoms with E-state index in [1.54, 1.807) is 6.07 Å². The van der Waals surface area contributed by atoms with Gasteiger partial charge in [-0.1, -0.05) is 11.6 Å². The SMILES string of the molecule is N[C@H]1CC(c2cc(Br)c(Cl)s2)Oc2ccc(F)cc21. The summed E-state index contributed by atoms with van der Waals surface area (Å²) in [6.45, 7) is 0. The molecule has 2 atom stereocenters. The molecule has 2 nitrogen and oxygen atoms in total. The normalized spacial score (nSPS) is 21.9. The Morgan fingerprint density at radius 3 is 2.89 bits per heavy atom. The Morgan fingerprint density at radius 2 is 2.21 bits per heavy atom. The molecule has 19 heavy (non-hydrogen) atoms. The van der Waals surface area contributed by atoms with Crippen LogP contribution in [0.3, 0.4) is 0 Å². The number of benzene rings is 1. The topological polar surface area (TPSA) is 35.2 Å². The molecule has 2 heterocycles. The Labute approximate surface area is 127 Å². The maximum Gasteiger partial charge on any atom is 0.135 e. The number of hydrogen-bond donors (Lipinski definition) is 1. The van der Waals surface area contributed by atoms with Crippen molar-refractivity contribution in [2.75, 3.05) is 0 Å². The maximum absolute atomic E-state index is 13.2. The summed E-state index contributed by atoms with van der Waals surface area (Å²) in [6.07, 6.45) is 0.474. The van der Waals surface area contributed by atoms with Crippen molar-refractivity contribution in [2.45, 2.75) is 18.6 Å². The minimum Gasteiger partial charge on any atom is -0.484 e. The largest absolute Gasteiger partial charge is 0.484 e. The van der Waals surface area contributed by atoms with Crippen molar-refractivity contribution in [1.82, 2.24) is 0 Å². The summed E-state index contributed by atoms with van der Waals surface area (Å²) in [5, 5.41) is 0. The molecular weight excluding hydrogens is 353 g/mol. The van der Waals surface area contributed by atoms with Crippen molar-refractivity contribution in [3.05, 3.63) is 49.3 Å². The summed E-state index contributed by atoms with van der Waals surface area (Å²) < 4.78 is 20.7. The van der Waals surface area contributed by atoms with Gasteiger partial charge in [0.25, 0.3) is 0 Å². The summed E-state index contributed by atoms with van der Waals surface area (Å²) in [7, 11) is 0. The van der Waals surface area contributed by atoms with Gasteiger partial charge in [0, 0.05) is 27.4 Å². The Balaban J connectivity index is 1.94. The molecule has 1 aliphatic rings. The molecular formula is C13H10BrClFNOS. The second kappa shape index (κ2) is 5.05. The monoisotopic (exact) mass is 361 g/mol. The highest BCUT2D eigenvalue weighted by molar-refractivity contribution is 9.10. The van der Waals surface area contributed by atoms with Crippen LogP contribution in [-0.2, 0) is 0 Å². The molecule has 0 spiro atoms. The van der Waals surface area contributed by atoms with E-state index in [4.69, 9.17) is 22.1 Å². The molecule has 0 radical (unpaired) electrons. The van der Waals surface area contributed by atoms with E-state index in [-0.39, 0.29) is 18.0 Å². The van der Waals surface area contributed by atoms with E-state index in [1.807, 2.05) is 6.07 Å². The summed E-state index contributed by atoms with van der Waals surface area (Å²) in [5.74, 6) is 0.351. The second-order valence-electron chi connectivity index (χ2n) is 4.40. The average Bonchev–Trinajstić information content (AvgIpc) is 2.70. The molecule has 0 bridgehead atoms. The molecule has 2 N–H and O–H groups in total. The third-order valence-corrected chi connectivity index (χ3v) is 5.66. The lowest BCUT2D eigenvalue weighted by Crippen LogP contribution is -2.23. The van der Waals surface area contributed by atoms with Gasteiger partial charge in [0.2, 0.25) is 0 Å². The van der Waals surface area contributed by atoms with Gasteiger partial charge < -0.3 is 10.5 Å². The number of nitrogens with two attached hydrogens (primary N) is 1. The van der Waals surface area contributed by atoms with E-state index in [0.29, 0.717) is 16.5 Å². The van der Waals surface area contributed by atoms with Crippen LogP contribution >= 0.6 is 38.9 Å². The molecule has 0 aliphatic carbocycles. The van der Waals surface area contributed by atoms with Crippen LogP contribution in [-0.4, -0.2) is 0 Å². The van der Waals surface area contributed by atoms with E-state index in [1.165, 1.54) is 23.5 Å². The quantitative estimate of drug-likeness (QED) is 0.789. The van der Waals surface area contributed by atoms with Crippen LogP contribution in [0.4, 0.5) is 4.39 Å². The fourth-order valence-corrected chi connectivity index (χ4v) is 3.95. The van der Waals surface area contributed by atoms with Crippen molar-refractivity contribution in [3.8, 4) is 5.75 Å². The minimum atomic E-state index is -0.293. The third-order valence-electron chi connectivity index (χ3n) is 3.09. The lowest BCUT2D eigenvalue weighted by Gasteiger charge is -2.29. The minimum absolute atomic E-state index is 0.137. The Hall–Kier alpha value is -0.620. The Bertz CT molecular complexity index is 614. The zero-order chi connectivity index (χ0) is 13.6. The van der Waals surface area contributed by atoms with Crippen LogP contribution in [0.2, 0.25) is 4.34 Å². The van der Waals surface area contributed by atoms with E-state index < -0.39 is 0 Å². The zero-order valence-electron chi connectivity index (χ0n) is 9.70. The molecule has 1 unspecified atom stereocenters. The van der Waals surface area contributed by atoms with Gasteiger partial charge in [-0.15, -0.1) is 11.3 Å². The molecule has 2 aromatic rings. The highest BCUT2D eigenvalue weighted by atomic mass is 79.9. The Morgan fingerprint density at radius 1 is 1.42 bits per heavy atom. The van der Waals surface area contributed by atoms with Gasteiger partial charge >= 0.3 is 0 Å². The lowest BCUT2D eigenvalue weighted by molar-refractivity contribution is 0.164. The molecule has 0 saturated carbocycles. The van der Waals surface area contributed by atoms with Crippen LogP contribution in [0.5, 0.6) is 5.75 Å². The molecule has 3 rings (SSSR count). The summed E-state index contributed by atoms with van der Waals surface area (Å²) in [4.78, 5) is 1.02. The van der Waals surface area contributed by atoms with Gasteiger partial charge in [-0.05, 0) is 40.2 Å². The van der Waals surface area contributed by atoms with Gasteiger partial charge in [-0.3, -0.25) is 0 Å². The van der Waals surface area contributed by atoms with Gasteiger partial charge in [0.05, 0.1) is 0 Å². The van der Waals surface area contributed by atoms with E-state index >= 15 is 0 Å².